The van der Waals surface area contributed by atoms with Gasteiger partial charge >= 0.3 is 0 Å². The van der Waals surface area contributed by atoms with Gasteiger partial charge in [0, 0.05) is 32.2 Å². The molecule has 1 saturated carbocycles. The topological polar surface area (TPSA) is 64.8 Å². The summed E-state index contributed by atoms with van der Waals surface area (Å²) >= 11 is 0. The zero-order chi connectivity index (χ0) is 12.3. The van der Waals surface area contributed by atoms with Crippen molar-refractivity contribution >= 4 is 18.3 Å². The number of rotatable bonds is 3. The average molecular weight is 279 g/mol. The van der Waals surface area contributed by atoms with E-state index in [0.717, 1.165) is 19.3 Å². The van der Waals surface area contributed by atoms with Crippen molar-refractivity contribution < 1.29 is 14.3 Å². The van der Waals surface area contributed by atoms with E-state index < -0.39 is 0 Å². The number of morpholine rings is 1. The van der Waals surface area contributed by atoms with Gasteiger partial charge in [0.1, 0.15) is 0 Å². The highest BCUT2D eigenvalue weighted by Crippen LogP contribution is 2.26. The average Bonchev–Trinajstić information content (AvgIpc) is 2.76. The lowest BCUT2D eigenvalue weighted by Gasteiger charge is -2.34. The van der Waals surface area contributed by atoms with Crippen LogP contribution in [0.5, 0.6) is 0 Å². The quantitative estimate of drug-likeness (QED) is 0.812. The normalized spacial score (nSPS) is 32.1. The van der Waals surface area contributed by atoms with Crippen LogP contribution in [0.1, 0.15) is 19.3 Å². The van der Waals surface area contributed by atoms with Gasteiger partial charge < -0.3 is 20.1 Å². The van der Waals surface area contributed by atoms with E-state index in [4.69, 9.17) is 15.2 Å². The van der Waals surface area contributed by atoms with Crippen molar-refractivity contribution in [3.63, 3.8) is 0 Å². The number of ether oxygens (including phenoxy) is 2. The van der Waals surface area contributed by atoms with Gasteiger partial charge in [-0.2, -0.15) is 0 Å². The Labute approximate surface area is 114 Å². The van der Waals surface area contributed by atoms with Crippen LogP contribution >= 0.6 is 12.4 Å². The molecule has 6 heteroatoms. The second kappa shape index (κ2) is 7.28. The lowest BCUT2D eigenvalue weighted by molar-refractivity contribution is -0.144. The Bertz CT molecular complexity index is 276. The number of nitrogens with zero attached hydrogens (tertiary/aromatic N) is 1. The van der Waals surface area contributed by atoms with Gasteiger partial charge in [0.25, 0.3) is 0 Å². The number of hydrogen-bond acceptors (Lipinski definition) is 4. The highest BCUT2D eigenvalue weighted by molar-refractivity contribution is 5.85. The molecule has 0 aromatic heterocycles. The first-order valence-corrected chi connectivity index (χ1v) is 6.35. The number of carbonyl (C=O) groups excluding carboxylic acids is 1. The van der Waals surface area contributed by atoms with Crippen molar-refractivity contribution in [3.05, 3.63) is 0 Å². The van der Waals surface area contributed by atoms with E-state index in [1.165, 1.54) is 0 Å². The fourth-order valence-electron chi connectivity index (χ4n) is 2.71. The molecule has 2 rings (SSSR count). The molecule has 3 unspecified atom stereocenters. The molecular formula is C12H23ClN2O3. The molecule has 1 heterocycles. The Morgan fingerprint density at radius 1 is 1.50 bits per heavy atom. The van der Waals surface area contributed by atoms with E-state index >= 15 is 0 Å². The van der Waals surface area contributed by atoms with Crippen LogP contribution in [-0.4, -0.2) is 56.4 Å². The van der Waals surface area contributed by atoms with Gasteiger partial charge in [-0.1, -0.05) is 0 Å². The highest BCUT2D eigenvalue weighted by Gasteiger charge is 2.33. The second-order valence-corrected chi connectivity index (χ2v) is 5.00. The predicted molar refractivity (Wildman–Crippen MR) is 70.8 cm³/mol. The van der Waals surface area contributed by atoms with E-state index in [1.807, 2.05) is 4.90 Å². The molecule has 2 N–H and O–H groups in total. The molecule has 1 saturated heterocycles. The fraction of sp³-hybridized carbons (Fsp3) is 0.917. The summed E-state index contributed by atoms with van der Waals surface area (Å²) in [5.41, 5.74) is 5.85. The maximum Gasteiger partial charge on any atom is 0.225 e. The Hall–Kier alpha value is -0.360. The van der Waals surface area contributed by atoms with Crippen molar-refractivity contribution in [1.29, 1.82) is 0 Å². The van der Waals surface area contributed by atoms with Crippen LogP contribution in [0.25, 0.3) is 0 Å². The Balaban J connectivity index is 0.00000162. The first kappa shape index (κ1) is 15.7. The zero-order valence-corrected chi connectivity index (χ0v) is 11.7. The highest BCUT2D eigenvalue weighted by atomic mass is 35.5. The molecule has 0 aromatic carbocycles. The Kier molecular flexibility index (Phi) is 6.35. The lowest BCUT2D eigenvalue weighted by atomic mass is 10.1. The van der Waals surface area contributed by atoms with Gasteiger partial charge in [0.2, 0.25) is 5.91 Å². The Morgan fingerprint density at radius 2 is 2.28 bits per heavy atom. The van der Waals surface area contributed by atoms with Gasteiger partial charge in [0.15, 0.2) is 0 Å². The summed E-state index contributed by atoms with van der Waals surface area (Å²) in [4.78, 5) is 14.2. The maximum absolute atomic E-state index is 12.3. The Morgan fingerprint density at radius 3 is 2.89 bits per heavy atom. The largest absolute Gasteiger partial charge is 0.382 e. The predicted octanol–water partition coefficient (Wildman–Crippen LogP) is 0.409. The van der Waals surface area contributed by atoms with Crippen LogP contribution in [0.2, 0.25) is 0 Å². The van der Waals surface area contributed by atoms with Crippen molar-refractivity contribution in [2.24, 2.45) is 11.7 Å². The fourth-order valence-corrected chi connectivity index (χ4v) is 2.71. The minimum absolute atomic E-state index is 0. The summed E-state index contributed by atoms with van der Waals surface area (Å²) in [6.45, 7) is 2.51. The molecule has 1 aliphatic heterocycles. The number of amides is 1. The lowest BCUT2D eigenvalue weighted by Crippen LogP contribution is -2.48. The molecule has 5 nitrogen and oxygen atoms in total. The number of methoxy groups -OCH3 is 1. The van der Waals surface area contributed by atoms with Gasteiger partial charge in [0.05, 0.1) is 19.3 Å². The third-order valence-corrected chi connectivity index (χ3v) is 3.63. The smallest absolute Gasteiger partial charge is 0.225 e. The van der Waals surface area contributed by atoms with Gasteiger partial charge in [-0.3, -0.25) is 4.79 Å². The zero-order valence-electron chi connectivity index (χ0n) is 10.8. The summed E-state index contributed by atoms with van der Waals surface area (Å²) in [5, 5.41) is 0. The first-order chi connectivity index (χ1) is 8.20. The minimum Gasteiger partial charge on any atom is -0.382 e. The molecule has 18 heavy (non-hydrogen) atoms. The summed E-state index contributed by atoms with van der Waals surface area (Å²) < 4.78 is 10.6. The molecule has 0 aromatic rings. The molecular weight excluding hydrogens is 256 g/mol. The second-order valence-electron chi connectivity index (χ2n) is 5.00. The van der Waals surface area contributed by atoms with Crippen molar-refractivity contribution in [2.75, 3.05) is 33.4 Å². The SMILES string of the molecule is COCC1CN(C(=O)C2CCC(N)C2)CCO1.Cl. The summed E-state index contributed by atoms with van der Waals surface area (Å²) in [5.74, 6) is 0.383. The van der Waals surface area contributed by atoms with E-state index in [1.54, 1.807) is 7.11 Å². The van der Waals surface area contributed by atoms with Crippen molar-refractivity contribution in [1.82, 2.24) is 4.90 Å². The monoisotopic (exact) mass is 278 g/mol. The molecule has 2 fully saturated rings. The molecule has 1 aliphatic carbocycles. The molecule has 106 valence electrons. The molecule has 0 bridgehead atoms. The number of carbonyl (C=O) groups is 1. The van der Waals surface area contributed by atoms with Crippen LogP contribution in [-0.2, 0) is 14.3 Å². The third-order valence-electron chi connectivity index (χ3n) is 3.63. The molecule has 0 spiro atoms. The minimum atomic E-state index is 0. The van der Waals surface area contributed by atoms with Crippen LogP contribution in [0.4, 0.5) is 0 Å². The van der Waals surface area contributed by atoms with Gasteiger partial charge in [-0.05, 0) is 19.3 Å². The summed E-state index contributed by atoms with van der Waals surface area (Å²) in [7, 11) is 1.65. The number of halogens is 1. The standard InChI is InChI=1S/C12H22N2O3.ClH/c1-16-8-11-7-14(4-5-17-11)12(15)9-2-3-10(13)6-9;/h9-11H,2-8,13H2,1H3;1H. The third kappa shape index (κ3) is 3.82. The van der Waals surface area contributed by atoms with E-state index in [-0.39, 0.29) is 36.4 Å². The first-order valence-electron chi connectivity index (χ1n) is 6.35. The van der Waals surface area contributed by atoms with Crippen LogP contribution in [0.3, 0.4) is 0 Å². The van der Waals surface area contributed by atoms with Gasteiger partial charge in [-0.25, -0.2) is 0 Å². The van der Waals surface area contributed by atoms with Crippen molar-refractivity contribution in [3.8, 4) is 0 Å². The number of nitrogens with two attached hydrogens (primary N) is 1. The molecule has 2 aliphatic rings. The van der Waals surface area contributed by atoms with E-state index in [0.29, 0.717) is 26.3 Å². The molecule has 1 amide bonds. The maximum atomic E-state index is 12.3. The number of hydrogen-bond donors (Lipinski definition) is 1. The molecule has 3 atom stereocenters. The van der Waals surface area contributed by atoms with E-state index in [2.05, 4.69) is 0 Å². The molecule has 0 radical (unpaired) electrons. The van der Waals surface area contributed by atoms with Crippen LogP contribution in [0, 0.1) is 5.92 Å². The van der Waals surface area contributed by atoms with Gasteiger partial charge in [-0.15, -0.1) is 12.4 Å². The van der Waals surface area contributed by atoms with Crippen molar-refractivity contribution in [2.45, 2.75) is 31.4 Å². The van der Waals surface area contributed by atoms with Crippen LogP contribution in [0.15, 0.2) is 0 Å². The summed E-state index contributed by atoms with van der Waals surface area (Å²) in [6, 6.07) is 0.208. The summed E-state index contributed by atoms with van der Waals surface area (Å²) in [6.07, 6.45) is 2.77. The van der Waals surface area contributed by atoms with E-state index in [9.17, 15) is 4.79 Å². The van der Waals surface area contributed by atoms with Crippen LogP contribution < -0.4 is 5.73 Å².